The Balaban J connectivity index is 1.66. The maximum atomic E-state index is 13.3. The van der Waals surface area contributed by atoms with Crippen molar-refractivity contribution in [2.75, 3.05) is 0 Å². The van der Waals surface area contributed by atoms with Crippen LogP contribution in [0.4, 0.5) is 0 Å². The molecule has 9 nitrogen and oxygen atoms in total. The number of carbonyl (C=O) groups excluding carboxylic acids is 1. The quantitative estimate of drug-likeness (QED) is 0.371. The summed E-state index contributed by atoms with van der Waals surface area (Å²) < 4.78 is 31.3. The topological polar surface area (TPSA) is 119 Å². The molecule has 35 heavy (non-hydrogen) atoms. The minimum absolute atomic E-state index is 0.0826. The van der Waals surface area contributed by atoms with E-state index in [-0.39, 0.29) is 23.2 Å². The number of fused-ring (bicyclic) bond motifs is 1. The molecule has 11 heteroatoms. The summed E-state index contributed by atoms with van der Waals surface area (Å²) in [6.07, 6.45) is 0.139. The van der Waals surface area contributed by atoms with Gasteiger partial charge in [0.1, 0.15) is 6.04 Å². The third-order valence-corrected chi connectivity index (χ3v) is 8.01. The first kappa shape index (κ1) is 24.6. The van der Waals surface area contributed by atoms with Crippen molar-refractivity contribution in [1.82, 2.24) is 19.2 Å². The summed E-state index contributed by atoms with van der Waals surface area (Å²) in [6.45, 7) is 0.281. The zero-order valence-electron chi connectivity index (χ0n) is 19.1. The number of nitrogens with one attached hydrogen (secondary N) is 2. The van der Waals surface area contributed by atoms with E-state index in [0.29, 0.717) is 5.52 Å². The Morgan fingerprint density at radius 1 is 1.00 bits per heavy atom. The molecular weight excluding hydrogens is 488 g/mol. The van der Waals surface area contributed by atoms with Crippen LogP contribution in [0.2, 0.25) is 0 Å². The molecule has 0 aliphatic rings. The summed E-state index contributed by atoms with van der Waals surface area (Å²) in [4.78, 5) is 38.6. The summed E-state index contributed by atoms with van der Waals surface area (Å²) in [7, 11) is -1.35. The lowest BCUT2D eigenvalue weighted by atomic mass is 10.1. The van der Waals surface area contributed by atoms with E-state index >= 15 is 0 Å². The van der Waals surface area contributed by atoms with E-state index in [4.69, 9.17) is 0 Å². The van der Waals surface area contributed by atoms with Gasteiger partial charge in [-0.15, -0.1) is 11.3 Å². The van der Waals surface area contributed by atoms with Crippen LogP contribution in [0.25, 0.3) is 10.9 Å². The van der Waals surface area contributed by atoms with Crippen molar-refractivity contribution in [2.45, 2.75) is 23.9 Å². The Bertz CT molecular complexity index is 1590. The highest BCUT2D eigenvalue weighted by atomic mass is 32.2. The average Bonchev–Trinajstić information content (AvgIpc) is 3.38. The predicted molar refractivity (Wildman–Crippen MR) is 135 cm³/mol. The second-order valence-corrected chi connectivity index (χ2v) is 10.8. The highest BCUT2D eigenvalue weighted by molar-refractivity contribution is 7.89. The minimum Gasteiger partial charge on any atom is -0.350 e. The van der Waals surface area contributed by atoms with Gasteiger partial charge in [0.25, 0.3) is 5.56 Å². The summed E-state index contributed by atoms with van der Waals surface area (Å²) in [6, 6.07) is 15.7. The first-order chi connectivity index (χ1) is 16.7. The van der Waals surface area contributed by atoms with Crippen LogP contribution in [0.1, 0.15) is 10.4 Å². The molecule has 0 fully saturated rings. The van der Waals surface area contributed by atoms with E-state index in [1.165, 1.54) is 48.2 Å². The maximum Gasteiger partial charge on any atom is 0.330 e. The van der Waals surface area contributed by atoms with Crippen LogP contribution >= 0.6 is 11.3 Å². The number of benzene rings is 2. The minimum atomic E-state index is -4.18. The first-order valence-electron chi connectivity index (χ1n) is 10.7. The van der Waals surface area contributed by atoms with E-state index < -0.39 is 33.2 Å². The third kappa shape index (κ3) is 5.26. The number of hydrogen-bond donors (Lipinski definition) is 2. The molecule has 0 aliphatic carbocycles. The SMILES string of the molecule is Cn1c(=O)c2cc(S(=O)(=O)N[C@@H](Cc3ccccc3)C(=O)NCc3cccs3)ccc2n(C)c1=O. The number of aromatic nitrogens is 2. The van der Waals surface area contributed by atoms with Crippen molar-refractivity contribution in [3.05, 3.63) is 97.3 Å². The number of thiophene rings is 1. The summed E-state index contributed by atoms with van der Waals surface area (Å²) in [5, 5.41) is 4.77. The predicted octanol–water partition coefficient (Wildman–Crippen LogP) is 1.50. The van der Waals surface area contributed by atoms with Crippen molar-refractivity contribution in [1.29, 1.82) is 0 Å². The molecule has 0 unspecified atom stereocenters. The normalized spacial score (nSPS) is 12.5. The van der Waals surface area contributed by atoms with E-state index in [0.717, 1.165) is 15.0 Å². The second-order valence-electron chi connectivity index (χ2n) is 8.05. The van der Waals surface area contributed by atoms with Gasteiger partial charge in [-0.25, -0.2) is 13.2 Å². The van der Waals surface area contributed by atoms with Crippen molar-refractivity contribution in [2.24, 2.45) is 14.1 Å². The highest BCUT2D eigenvalue weighted by Crippen LogP contribution is 2.17. The van der Waals surface area contributed by atoms with Crippen LogP contribution in [0.15, 0.2) is 80.5 Å². The van der Waals surface area contributed by atoms with Crippen molar-refractivity contribution in [3.8, 4) is 0 Å². The lowest BCUT2D eigenvalue weighted by Crippen LogP contribution is -2.47. The van der Waals surface area contributed by atoms with Gasteiger partial charge >= 0.3 is 5.69 Å². The molecule has 4 rings (SSSR count). The largest absolute Gasteiger partial charge is 0.350 e. The van der Waals surface area contributed by atoms with Crippen LogP contribution in [0.5, 0.6) is 0 Å². The molecule has 182 valence electrons. The first-order valence-corrected chi connectivity index (χ1v) is 13.1. The van der Waals surface area contributed by atoms with Crippen LogP contribution < -0.4 is 21.3 Å². The fourth-order valence-electron chi connectivity index (χ4n) is 3.75. The molecule has 4 aromatic rings. The molecular formula is C24H24N4O5S2. The molecule has 0 bridgehead atoms. The van der Waals surface area contributed by atoms with Gasteiger partial charge in [0, 0.05) is 19.0 Å². The Labute approximate surface area is 205 Å². The van der Waals surface area contributed by atoms with Crippen LogP contribution in [-0.2, 0) is 41.9 Å². The fourth-order valence-corrected chi connectivity index (χ4v) is 5.61. The third-order valence-electron chi connectivity index (χ3n) is 5.66. The van der Waals surface area contributed by atoms with Crippen LogP contribution in [0, 0.1) is 0 Å². The standard InChI is InChI=1S/C24H24N4O5S2/c1-27-21-11-10-18(14-19(21)23(30)28(2)24(27)31)35(32,33)26-20(13-16-7-4-3-5-8-16)22(29)25-15-17-9-6-12-34-17/h3-12,14,20,26H,13,15H2,1-2H3,(H,25,29)/t20-/m0/s1. The summed E-state index contributed by atoms with van der Waals surface area (Å²) >= 11 is 1.49. The molecule has 0 spiro atoms. The molecule has 0 saturated carbocycles. The fraction of sp³-hybridized carbons (Fsp3) is 0.208. The van der Waals surface area contributed by atoms with E-state index in [1.54, 1.807) is 0 Å². The zero-order valence-corrected chi connectivity index (χ0v) is 20.7. The highest BCUT2D eigenvalue weighted by Gasteiger charge is 2.27. The molecule has 1 amide bonds. The van der Waals surface area contributed by atoms with E-state index in [9.17, 15) is 22.8 Å². The lowest BCUT2D eigenvalue weighted by Gasteiger charge is -2.19. The Kier molecular flexibility index (Phi) is 7.01. The summed E-state index contributed by atoms with van der Waals surface area (Å²) in [5.41, 5.74) is -0.0170. The van der Waals surface area contributed by atoms with Gasteiger partial charge in [0.05, 0.1) is 22.3 Å². The molecule has 2 N–H and O–H groups in total. The number of amides is 1. The molecule has 0 radical (unpaired) electrons. The van der Waals surface area contributed by atoms with Gasteiger partial charge in [0.2, 0.25) is 15.9 Å². The van der Waals surface area contributed by atoms with Crippen molar-refractivity contribution in [3.63, 3.8) is 0 Å². The summed E-state index contributed by atoms with van der Waals surface area (Å²) in [5.74, 6) is -0.468. The Hall–Kier alpha value is -3.54. The van der Waals surface area contributed by atoms with Gasteiger partial charge < -0.3 is 5.32 Å². The van der Waals surface area contributed by atoms with Crippen molar-refractivity contribution >= 4 is 38.2 Å². The Morgan fingerprint density at radius 2 is 1.74 bits per heavy atom. The van der Waals surface area contributed by atoms with Gasteiger partial charge in [-0.2, -0.15) is 4.72 Å². The van der Waals surface area contributed by atoms with Gasteiger partial charge in [-0.05, 0) is 41.6 Å². The number of rotatable bonds is 8. The number of sulfonamides is 1. The Morgan fingerprint density at radius 3 is 2.43 bits per heavy atom. The van der Waals surface area contributed by atoms with Gasteiger partial charge in [0.15, 0.2) is 0 Å². The maximum absolute atomic E-state index is 13.3. The zero-order chi connectivity index (χ0) is 25.2. The van der Waals surface area contributed by atoms with E-state index in [2.05, 4.69) is 10.0 Å². The van der Waals surface area contributed by atoms with E-state index in [1.807, 2.05) is 47.8 Å². The lowest BCUT2D eigenvalue weighted by molar-refractivity contribution is -0.122. The number of aryl methyl sites for hydroxylation is 1. The number of nitrogens with zero attached hydrogens (tertiary/aromatic N) is 2. The smallest absolute Gasteiger partial charge is 0.330 e. The van der Waals surface area contributed by atoms with Gasteiger partial charge in [-0.1, -0.05) is 36.4 Å². The molecule has 2 aromatic carbocycles. The second kappa shape index (κ2) is 9.98. The molecule has 2 heterocycles. The molecule has 0 saturated heterocycles. The average molecular weight is 513 g/mol. The number of carbonyl (C=O) groups is 1. The van der Waals surface area contributed by atoms with Crippen molar-refractivity contribution < 1.29 is 13.2 Å². The van der Waals surface area contributed by atoms with Crippen LogP contribution in [0.3, 0.4) is 0 Å². The number of hydrogen-bond acceptors (Lipinski definition) is 6. The monoisotopic (exact) mass is 512 g/mol. The van der Waals surface area contributed by atoms with Crippen LogP contribution in [-0.4, -0.2) is 29.5 Å². The van der Waals surface area contributed by atoms with Gasteiger partial charge in [-0.3, -0.25) is 18.7 Å². The molecule has 2 aromatic heterocycles. The molecule has 1 atom stereocenters. The molecule has 0 aliphatic heterocycles.